The third-order valence-corrected chi connectivity index (χ3v) is 16.0. The van der Waals surface area contributed by atoms with E-state index in [4.69, 9.17) is 10.2 Å². The van der Waals surface area contributed by atoms with Crippen LogP contribution in [0.1, 0.15) is 47.3 Å². The van der Waals surface area contributed by atoms with E-state index < -0.39 is 18.2 Å². The lowest BCUT2D eigenvalue weighted by Gasteiger charge is -2.43. The summed E-state index contributed by atoms with van der Waals surface area (Å²) in [4.78, 5) is 14.2. The first kappa shape index (κ1) is 32.5. The first-order valence-corrected chi connectivity index (χ1v) is 19.1. The molecule has 3 aromatic carbocycles. The van der Waals surface area contributed by atoms with Crippen LogP contribution in [0.4, 0.5) is 5.69 Å². The van der Waals surface area contributed by atoms with Gasteiger partial charge in [0.2, 0.25) is 0 Å². The van der Waals surface area contributed by atoms with Crippen LogP contribution in [0, 0.1) is 13.8 Å². The average Bonchev–Trinajstić information content (AvgIpc) is 3.37. The highest BCUT2D eigenvalue weighted by Crippen LogP contribution is 2.37. The van der Waals surface area contributed by atoms with E-state index in [9.17, 15) is 13.2 Å². The first-order chi connectivity index (χ1) is 21.3. The number of fused-ring (bicyclic) bond motifs is 1. The van der Waals surface area contributed by atoms with Crippen molar-refractivity contribution < 1.29 is 17.6 Å². The van der Waals surface area contributed by atoms with E-state index >= 15 is 0 Å². The smallest absolute Gasteiger partial charge is 0.263 e. The SMILES string of the molecule is Cc1nnc2sc(C(=O)NCc3ccc(S(=O)(=O)CCO[Si](c4ccccc4)(c4ccccc4)C(C)(C)C)cc3)c(N)c2c1C. The average molecular weight is 659 g/mol. The third-order valence-electron chi connectivity index (χ3n) is 8.16. The van der Waals surface area contributed by atoms with E-state index in [1.165, 1.54) is 11.3 Å². The number of aromatic nitrogens is 2. The monoisotopic (exact) mass is 658 g/mol. The summed E-state index contributed by atoms with van der Waals surface area (Å²) in [7, 11) is -6.48. The summed E-state index contributed by atoms with van der Waals surface area (Å²) in [5, 5.41) is 13.9. The number of hydrogen-bond donors (Lipinski definition) is 2. The van der Waals surface area contributed by atoms with E-state index in [0.717, 1.165) is 32.6 Å². The van der Waals surface area contributed by atoms with Crippen molar-refractivity contribution in [2.45, 2.75) is 51.1 Å². The molecule has 45 heavy (non-hydrogen) atoms. The second kappa shape index (κ2) is 12.8. The zero-order valence-electron chi connectivity index (χ0n) is 26.1. The van der Waals surface area contributed by atoms with Gasteiger partial charge < -0.3 is 15.5 Å². The molecule has 5 rings (SSSR count). The van der Waals surface area contributed by atoms with Crippen molar-refractivity contribution in [1.82, 2.24) is 15.5 Å². The van der Waals surface area contributed by atoms with Gasteiger partial charge in [-0.15, -0.1) is 16.4 Å². The van der Waals surface area contributed by atoms with Crippen LogP contribution in [0.5, 0.6) is 0 Å². The van der Waals surface area contributed by atoms with Crippen LogP contribution in [0.25, 0.3) is 10.2 Å². The largest absolute Gasteiger partial charge is 0.406 e. The maximum Gasteiger partial charge on any atom is 0.263 e. The second-order valence-corrected chi connectivity index (χ2v) is 19.5. The van der Waals surface area contributed by atoms with Crippen molar-refractivity contribution in [2.24, 2.45) is 0 Å². The Morgan fingerprint density at radius 1 is 0.911 bits per heavy atom. The van der Waals surface area contributed by atoms with Gasteiger partial charge in [-0.2, -0.15) is 5.10 Å². The Bertz CT molecular complexity index is 1880. The molecule has 0 saturated heterocycles. The van der Waals surface area contributed by atoms with Gasteiger partial charge in [0.05, 0.1) is 22.0 Å². The number of nitrogens with one attached hydrogen (secondary N) is 1. The number of benzene rings is 3. The molecule has 8 nitrogen and oxygen atoms in total. The number of nitrogen functional groups attached to an aromatic ring is 1. The minimum atomic E-state index is -3.63. The molecule has 3 N–H and O–H groups in total. The zero-order chi connectivity index (χ0) is 32.4. The molecule has 0 radical (unpaired) electrons. The topological polar surface area (TPSA) is 124 Å². The van der Waals surface area contributed by atoms with Crippen molar-refractivity contribution in [2.75, 3.05) is 18.1 Å². The standard InChI is InChI=1S/C34H38N4O4S2Si/c1-23-24(2)37-38-33-29(23)30(35)31(43-33)32(39)36-22-25-16-18-26(19-17-25)44(40,41)21-20-42-45(34(3,4)5,27-12-8-6-9-13-27)28-14-10-7-11-15-28/h6-19H,20-22,35H2,1-5H3,(H,36,39). The molecule has 5 aromatic rings. The molecule has 0 atom stereocenters. The molecule has 2 heterocycles. The number of carbonyl (C=O) groups is 1. The zero-order valence-corrected chi connectivity index (χ0v) is 28.8. The quantitative estimate of drug-likeness (QED) is 0.199. The van der Waals surface area contributed by atoms with Gasteiger partial charge in [-0.3, -0.25) is 4.79 Å². The van der Waals surface area contributed by atoms with Crippen molar-refractivity contribution in [1.29, 1.82) is 0 Å². The van der Waals surface area contributed by atoms with Crippen molar-refractivity contribution >= 4 is 61.7 Å². The van der Waals surface area contributed by atoms with Crippen LogP contribution in [0.3, 0.4) is 0 Å². The van der Waals surface area contributed by atoms with Crippen molar-refractivity contribution in [3.05, 3.63) is 107 Å². The van der Waals surface area contributed by atoms with Gasteiger partial charge >= 0.3 is 0 Å². The number of anilines is 1. The first-order valence-electron chi connectivity index (χ1n) is 14.7. The lowest BCUT2D eigenvalue weighted by Crippen LogP contribution is -2.66. The van der Waals surface area contributed by atoms with Gasteiger partial charge in [-0.1, -0.05) is 93.6 Å². The highest BCUT2D eigenvalue weighted by molar-refractivity contribution is 7.91. The number of hydrogen-bond acceptors (Lipinski definition) is 8. The van der Waals surface area contributed by atoms with Crippen molar-refractivity contribution in [3.8, 4) is 0 Å². The fraction of sp³-hybridized carbons (Fsp3) is 0.265. The van der Waals surface area contributed by atoms with E-state index in [1.807, 2.05) is 50.2 Å². The van der Waals surface area contributed by atoms with E-state index in [2.05, 4.69) is 60.6 Å². The highest BCUT2D eigenvalue weighted by atomic mass is 32.2. The molecule has 0 fully saturated rings. The molecular weight excluding hydrogens is 621 g/mol. The Morgan fingerprint density at radius 3 is 2.04 bits per heavy atom. The Morgan fingerprint density at radius 2 is 1.49 bits per heavy atom. The highest BCUT2D eigenvalue weighted by Gasteiger charge is 2.50. The Kier molecular flexibility index (Phi) is 9.27. The Hall–Kier alpha value is -3.90. The summed E-state index contributed by atoms with van der Waals surface area (Å²) >= 11 is 1.20. The summed E-state index contributed by atoms with van der Waals surface area (Å²) in [6.07, 6.45) is 0. The van der Waals surface area contributed by atoms with E-state index in [-0.39, 0.29) is 34.7 Å². The second-order valence-electron chi connectivity index (χ2n) is 12.1. The fourth-order valence-corrected chi connectivity index (χ4v) is 12.5. The summed E-state index contributed by atoms with van der Waals surface area (Å²) in [6, 6.07) is 26.9. The predicted octanol–water partition coefficient (Wildman–Crippen LogP) is 5.17. The number of nitrogens with two attached hydrogens (primary N) is 1. The molecule has 234 valence electrons. The Balaban J connectivity index is 1.28. The van der Waals surface area contributed by atoms with Crippen LogP contribution in [-0.2, 0) is 20.8 Å². The minimum Gasteiger partial charge on any atom is -0.406 e. The molecular formula is C34H38N4O4S2Si. The molecule has 0 aliphatic carbocycles. The number of amides is 1. The molecule has 1 amide bonds. The number of aryl methyl sites for hydroxylation is 2. The predicted molar refractivity (Wildman–Crippen MR) is 185 cm³/mol. The van der Waals surface area contributed by atoms with Gasteiger partial charge in [-0.05, 0) is 52.5 Å². The van der Waals surface area contributed by atoms with E-state index in [0.29, 0.717) is 15.4 Å². The molecule has 0 aliphatic heterocycles. The molecule has 0 saturated carbocycles. The van der Waals surface area contributed by atoms with Crippen molar-refractivity contribution in [3.63, 3.8) is 0 Å². The molecule has 0 bridgehead atoms. The van der Waals surface area contributed by atoms with Gasteiger partial charge in [0, 0.05) is 18.5 Å². The lowest BCUT2D eigenvalue weighted by molar-refractivity contribution is 0.0955. The summed E-state index contributed by atoms with van der Waals surface area (Å²) in [5.41, 5.74) is 9.14. The molecule has 0 aliphatic rings. The summed E-state index contributed by atoms with van der Waals surface area (Å²) in [6.45, 7) is 10.5. The fourth-order valence-electron chi connectivity index (χ4n) is 5.67. The van der Waals surface area contributed by atoms with Crippen LogP contribution in [-0.4, -0.2) is 45.2 Å². The third kappa shape index (κ3) is 6.44. The van der Waals surface area contributed by atoms with Gasteiger partial charge in [0.15, 0.2) is 9.84 Å². The number of thiophene rings is 1. The molecule has 0 spiro atoms. The summed E-state index contributed by atoms with van der Waals surface area (Å²) < 4.78 is 33.6. The molecule has 11 heteroatoms. The maximum atomic E-state index is 13.4. The molecule has 2 aromatic heterocycles. The Labute approximate surface area is 269 Å². The normalized spacial score (nSPS) is 12.4. The number of sulfone groups is 1. The van der Waals surface area contributed by atoms with E-state index in [1.54, 1.807) is 24.3 Å². The summed E-state index contributed by atoms with van der Waals surface area (Å²) in [5.74, 6) is -0.467. The molecule has 0 unspecified atom stereocenters. The number of rotatable bonds is 10. The van der Waals surface area contributed by atoms with Gasteiger partial charge in [0.25, 0.3) is 14.2 Å². The van der Waals surface area contributed by atoms with Crippen LogP contribution < -0.4 is 21.4 Å². The lowest BCUT2D eigenvalue weighted by atomic mass is 10.1. The minimum absolute atomic E-state index is 0.0629. The van der Waals surface area contributed by atoms with Crippen LogP contribution in [0.15, 0.2) is 89.8 Å². The van der Waals surface area contributed by atoms with Crippen LogP contribution >= 0.6 is 11.3 Å². The number of nitrogens with zero attached hydrogens (tertiary/aromatic N) is 2. The number of carbonyl (C=O) groups excluding carboxylic acids is 1. The van der Waals surface area contributed by atoms with Gasteiger partial charge in [0.1, 0.15) is 9.71 Å². The van der Waals surface area contributed by atoms with Crippen LogP contribution in [0.2, 0.25) is 5.04 Å². The maximum absolute atomic E-state index is 13.4. The van der Waals surface area contributed by atoms with Gasteiger partial charge in [-0.25, -0.2) is 8.42 Å².